The fraction of sp³-hybridized carbons (Fsp3) is 0.250. The van der Waals surface area contributed by atoms with Crippen LogP contribution in [-0.4, -0.2) is 10.5 Å². The van der Waals surface area contributed by atoms with Crippen LogP contribution < -0.4 is 11.1 Å². The van der Waals surface area contributed by atoms with E-state index in [4.69, 9.17) is 28.9 Å². The zero-order valence-corrected chi connectivity index (χ0v) is 20.7. The number of pyridine rings is 1. The number of fused-ring (bicyclic) bond motifs is 1. The molecule has 1 unspecified atom stereocenters. The number of aromatic nitrogens is 1. The van der Waals surface area contributed by atoms with Gasteiger partial charge in [-0.1, -0.05) is 64.0 Å². The van der Waals surface area contributed by atoms with Crippen molar-refractivity contribution in [3.05, 3.63) is 75.9 Å². The van der Waals surface area contributed by atoms with Crippen molar-refractivity contribution in [2.24, 2.45) is 5.73 Å². The van der Waals surface area contributed by atoms with Crippen LogP contribution in [0.15, 0.2) is 54.7 Å². The third-order valence-electron chi connectivity index (χ3n) is 4.65. The predicted octanol–water partition coefficient (Wildman–Crippen LogP) is 6.50. The number of hydrogen-bond acceptors (Lipinski definition) is 3. The molecule has 1 atom stereocenters. The van der Waals surface area contributed by atoms with Gasteiger partial charge in [0.05, 0.1) is 5.52 Å². The van der Waals surface area contributed by atoms with Crippen LogP contribution in [0.4, 0.5) is 0 Å². The van der Waals surface area contributed by atoms with Crippen LogP contribution in [-0.2, 0) is 10.1 Å². The fourth-order valence-electron chi connectivity index (χ4n) is 2.83. The van der Waals surface area contributed by atoms with Gasteiger partial charge in [0.2, 0.25) is 0 Å². The van der Waals surface area contributed by atoms with E-state index in [0.717, 1.165) is 27.1 Å². The van der Waals surface area contributed by atoms with Gasteiger partial charge in [-0.15, -0.1) is 24.8 Å². The Bertz CT molecular complexity index is 930. The fourth-order valence-corrected chi connectivity index (χ4v) is 3.78. The standard InChI is InChI=1S/C20H20Cl2IN3.2ClH/c1-19(2,26-12-13-3-5-14(21)6-4-13)20(23,24)17-9-10-25-18-11-15(22)7-8-16(17)18;;/h3-11,26H,12,24H2,1-2H3;2*1H. The lowest BCUT2D eigenvalue weighted by Gasteiger charge is -2.41. The highest BCUT2D eigenvalue weighted by atomic mass is 127. The van der Waals surface area contributed by atoms with Crippen molar-refractivity contribution in [1.29, 1.82) is 0 Å². The van der Waals surface area contributed by atoms with Crippen LogP contribution in [0, 0.1) is 0 Å². The summed E-state index contributed by atoms with van der Waals surface area (Å²) in [5.74, 6) is 0. The van der Waals surface area contributed by atoms with Gasteiger partial charge in [-0.2, -0.15) is 0 Å². The van der Waals surface area contributed by atoms with Gasteiger partial charge in [0.1, 0.15) is 3.55 Å². The summed E-state index contributed by atoms with van der Waals surface area (Å²) in [4.78, 5) is 4.42. The molecule has 0 amide bonds. The molecule has 3 rings (SSSR count). The molecule has 3 nitrogen and oxygen atoms in total. The summed E-state index contributed by atoms with van der Waals surface area (Å²) in [6.45, 7) is 4.91. The van der Waals surface area contributed by atoms with Crippen LogP contribution in [0.5, 0.6) is 0 Å². The Labute approximate surface area is 201 Å². The number of benzene rings is 2. The molecule has 0 saturated heterocycles. The van der Waals surface area contributed by atoms with E-state index in [9.17, 15) is 0 Å². The molecule has 0 aliphatic heterocycles. The minimum atomic E-state index is -0.661. The van der Waals surface area contributed by atoms with Crippen LogP contribution in [0.1, 0.15) is 25.0 Å². The summed E-state index contributed by atoms with van der Waals surface area (Å²) < 4.78 is -0.661. The summed E-state index contributed by atoms with van der Waals surface area (Å²) in [6, 6.07) is 15.5. The Morgan fingerprint density at radius 3 is 2.25 bits per heavy atom. The summed E-state index contributed by atoms with van der Waals surface area (Å²) in [5.41, 5.74) is 9.48. The first-order valence-corrected chi connectivity index (χ1v) is 10.1. The molecule has 3 N–H and O–H groups in total. The highest BCUT2D eigenvalue weighted by molar-refractivity contribution is 14.1. The third kappa shape index (κ3) is 5.42. The minimum absolute atomic E-state index is 0. The van der Waals surface area contributed by atoms with Gasteiger partial charge in [-0.3, -0.25) is 4.98 Å². The van der Waals surface area contributed by atoms with Crippen molar-refractivity contribution < 1.29 is 0 Å². The first-order chi connectivity index (χ1) is 12.2. The lowest BCUT2D eigenvalue weighted by molar-refractivity contribution is 0.307. The summed E-state index contributed by atoms with van der Waals surface area (Å²) in [5, 5.41) is 6.00. The van der Waals surface area contributed by atoms with Crippen molar-refractivity contribution in [2.45, 2.75) is 29.5 Å². The third-order valence-corrected chi connectivity index (χ3v) is 7.07. The van der Waals surface area contributed by atoms with Gasteiger partial charge in [0.25, 0.3) is 0 Å². The molecule has 28 heavy (non-hydrogen) atoms. The number of nitrogens with one attached hydrogen (secondary N) is 1. The number of nitrogens with zero attached hydrogens (tertiary/aromatic N) is 1. The monoisotopic (exact) mass is 571 g/mol. The molecule has 3 aromatic rings. The Morgan fingerprint density at radius 2 is 1.61 bits per heavy atom. The van der Waals surface area contributed by atoms with E-state index in [0.29, 0.717) is 11.6 Å². The molecule has 1 heterocycles. The maximum atomic E-state index is 6.85. The Hall–Kier alpha value is -0.340. The topological polar surface area (TPSA) is 50.9 Å². The number of alkyl halides is 1. The van der Waals surface area contributed by atoms with E-state index in [1.54, 1.807) is 6.20 Å². The van der Waals surface area contributed by atoms with E-state index >= 15 is 0 Å². The largest absolute Gasteiger partial charge is 0.312 e. The summed E-state index contributed by atoms with van der Waals surface area (Å²) >= 11 is 14.4. The Morgan fingerprint density at radius 1 is 1.00 bits per heavy atom. The van der Waals surface area contributed by atoms with E-state index < -0.39 is 3.55 Å². The Balaban J connectivity index is 0.00000196. The molecule has 0 radical (unpaired) electrons. The molecule has 8 heteroatoms. The lowest BCUT2D eigenvalue weighted by Crippen LogP contribution is -2.58. The summed E-state index contributed by atoms with van der Waals surface area (Å²) in [6.07, 6.45) is 1.78. The second-order valence-corrected chi connectivity index (χ2v) is 9.41. The molecule has 152 valence electrons. The molecule has 0 aliphatic carbocycles. The molecule has 1 aromatic heterocycles. The highest BCUT2D eigenvalue weighted by Gasteiger charge is 2.41. The van der Waals surface area contributed by atoms with Crippen molar-refractivity contribution in [1.82, 2.24) is 10.3 Å². The first-order valence-electron chi connectivity index (χ1n) is 8.23. The predicted molar refractivity (Wildman–Crippen MR) is 134 cm³/mol. The molecular formula is C20H22Cl4IN3. The quantitative estimate of drug-likeness (QED) is 0.208. The average molecular weight is 573 g/mol. The smallest absolute Gasteiger partial charge is 0.112 e. The highest BCUT2D eigenvalue weighted by Crippen LogP contribution is 2.40. The second-order valence-electron chi connectivity index (χ2n) is 6.84. The van der Waals surface area contributed by atoms with Gasteiger partial charge in [0.15, 0.2) is 0 Å². The van der Waals surface area contributed by atoms with Crippen LogP contribution in [0.2, 0.25) is 10.0 Å². The SMILES string of the molecule is CC(C)(NCc1ccc(Cl)cc1)C(N)(I)c1ccnc2cc(Cl)ccc12.Cl.Cl. The maximum Gasteiger partial charge on any atom is 0.112 e. The van der Waals surface area contributed by atoms with Gasteiger partial charge in [-0.25, -0.2) is 0 Å². The van der Waals surface area contributed by atoms with Crippen LogP contribution >= 0.6 is 70.6 Å². The number of halogens is 5. The van der Waals surface area contributed by atoms with E-state index in [1.165, 1.54) is 0 Å². The molecule has 0 bridgehead atoms. The zero-order chi connectivity index (χ0) is 18.9. The van der Waals surface area contributed by atoms with Gasteiger partial charge >= 0.3 is 0 Å². The van der Waals surface area contributed by atoms with Gasteiger partial charge in [0, 0.05) is 33.7 Å². The van der Waals surface area contributed by atoms with Crippen molar-refractivity contribution in [3.63, 3.8) is 0 Å². The number of hydrogen-bond donors (Lipinski definition) is 2. The van der Waals surface area contributed by atoms with E-state index in [2.05, 4.69) is 46.7 Å². The van der Waals surface area contributed by atoms with Gasteiger partial charge in [-0.05, 0) is 55.3 Å². The molecule has 2 aromatic carbocycles. The number of nitrogens with two attached hydrogens (primary N) is 1. The number of rotatable bonds is 5. The molecule has 0 aliphatic rings. The summed E-state index contributed by atoms with van der Waals surface area (Å²) in [7, 11) is 0. The Kier molecular flexibility index (Phi) is 9.28. The molecular weight excluding hydrogens is 551 g/mol. The second kappa shape index (κ2) is 10.1. The van der Waals surface area contributed by atoms with Crippen LogP contribution in [0.25, 0.3) is 10.9 Å². The zero-order valence-electron chi connectivity index (χ0n) is 15.4. The molecule has 0 fully saturated rings. The van der Waals surface area contributed by atoms with E-state index in [-0.39, 0.29) is 30.4 Å². The van der Waals surface area contributed by atoms with Crippen molar-refractivity contribution in [2.75, 3.05) is 0 Å². The normalized spacial score (nSPS) is 13.4. The van der Waals surface area contributed by atoms with Gasteiger partial charge < -0.3 is 11.1 Å². The average Bonchev–Trinajstić information content (AvgIpc) is 2.60. The molecule has 0 saturated carbocycles. The molecule has 0 spiro atoms. The maximum absolute atomic E-state index is 6.85. The van der Waals surface area contributed by atoms with E-state index in [1.807, 2.05) is 48.5 Å². The van der Waals surface area contributed by atoms with Crippen LogP contribution in [0.3, 0.4) is 0 Å². The van der Waals surface area contributed by atoms with Crippen molar-refractivity contribution >= 4 is 81.5 Å². The van der Waals surface area contributed by atoms with Crippen molar-refractivity contribution in [3.8, 4) is 0 Å². The minimum Gasteiger partial charge on any atom is -0.312 e. The lowest BCUT2D eigenvalue weighted by atomic mass is 9.87. The first kappa shape index (κ1) is 25.7.